The molecule has 0 bridgehead atoms. The molecule has 0 atom stereocenters. The summed E-state index contributed by atoms with van der Waals surface area (Å²) in [7, 11) is 1.62. The van der Waals surface area contributed by atoms with Crippen molar-refractivity contribution in [1.82, 2.24) is 15.4 Å². The number of carbonyl (C=O) groups excluding carboxylic acids is 1. The van der Waals surface area contributed by atoms with E-state index in [0.717, 1.165) is 54.5 Å². The normalized spacial score (nSPS) is 15.0. The fourth-order valence-electron chi connectivity index (χ4n) is 3.93. The number of piperidine rings is 1. The minimum atomic E-state index is -0.273. The van der Waals surface area contributed by atoms with Gasteiger partial charge in [0.1, 0.15) is 5.75 Å². The second-order valence-corrected chi connectivity index (χ2v) is 8.22. The van der Waals surface area contributed by atoms with Gasteiger partial charge in [0, 0.05) is 35.7 Å². The van der Waals surface area contributed by atoms with Gasteiger partial charge in [-0.2, -0.15) is 0 Å². The van der Waals surface area contributed by atoms with E-state index >= 15 is 0 Å². The molecule has 7 heteroatoms. The van der Waals surface area contributed by atoms with Crippen LogP contribution in [-0.4, -0.2) is 36.2 Å². The molecule has 1 saturated heterocycles. The lowest BCUT2D eigenvalue weighted by molar-refractivity contribution is 0.0913. The van der Waals surface area contributed by atoms with Crippen molar-refractivity contribution < 1.29 is 14.1 Å². The third kappa shape index (κ3) is 5.46. The zero-order valence-corrected chi connectivity index (χ0v) is 18.3. The Morgan fingerprint density at radius 2 is 1.94 bits per heavy atom. The number of halogens is 1. The number of hydrogen-bond acceptors (Lipinski definition) is 5. The summed E-state index contributed by atoms with van der Waals surface area (Å²) in [5, 5.41) is 7.81. The summed E-state index contributed by atoms with van der Waals surface area (Å²) in [5.41, 5.74) is 3.03. The zero-order chi connectivity index (χ0) is 21.6. The molecule has 31 heavy (non-hydrogen) atoms. The second-order valence-electron chi connectivity index (χ2n) is 7.79. The van der Waals surface area contributed by atoms with Crippen LogP contribution < -0.4 is 10.1 Å². The van der Waals surface area contributed by atoms with Crippen molar-refractivity contribution in [2.24, 2.45) is 0 Å². The maximum absolute atomic E-state index is 12.5. The van der Waals surface area contributed by atoms with E-state index in [2.05, 4.69) is 27.5 Å². The number of benzene rings is 2. The topological polar surface area (TPSA) is 67.6 Å². The number of carbonyl (C=O) groups is 1. The highest BCUT2D eigenvalue weighted by Gasteiger charge is 2.24. The Morgan fingerprint density at radius 3 is 2.68 bits per heavy atom. The Hall–Kier alpha value is -2.83. The number of nitrogens with zero attached hydrogens (tertiary/aromatic N) is 2. The Labute approximate surface area is 187 Å². The lowest BCUT2D eigenvalue weighted by atomic mass is 9.93. The van der Waals surface area contributed by atoms with Gasteiger partial charge in [-0.25, -0.2) is 0 Å². The zero-order valence-electron chi connectivity index (χ0n) is 17.5. The number of hydrogen-bond donors (Lipinski definition) is 1. The van der Waals surface area contributed by atoms with Crippen LogP contribution in [0.3, 0.4) is 0 Å². The molecule has 2 aromatic carbocycles. The quantitative estimate of drug-likeness (QED) is 0.580. The summed E-state index contributed by atoms with van der Waals surface area (Å²) in [4.78, 5) is 14.9. The fraction of sp³-hybridized carbons (Fsp3) is 0.333. The molecule has 0 aliphatic carbocycles. The van der Waals surface area contributed by atoms with Crippen LogP contribution in [0.4, 0.5) is 0 Å². The van der Waals surface area contributed by atoms with Crippen molar-refractivity contribution in [1.29, 1.82) is 0 Å². The first kappa shape index (κ1) is 21.4. The van der Waals surface area contributed by atoms with Crippen molar-refractivity contribution in [3.05, 3.63) is 82.2 Å². The van der Waals surface area contributed by atoms with Gasteiger partial charge >= 0.3 is 0 Å². The molecule has 162 valence electrons. The van der Waals surface area contributed by atoms with Crippen LogP contribution in [0.25, 0.3) is 0 Å². The summed E-state index contributed by atoms with van der Waals surface area (Å²) in [6.07, 6.45) is 1.98. The molecule has 4 rings (SSSR count). The molecule has 0 radical (unpaired) electrons. The first-order chi connectivity index (χ1) is 15.1. The molecule has 2 heterocycles. The van der Waals surface area contributed by atoms with Gasteiger partial charge in [-0.15, -0.1) is 0 Å². The highest BCUT2D eigenvalue weighted by molar-refractivity contribution is 6.30. The molecular formula is C24H26ClN3O3. The smallest absolute Gasteiger partial charge is 0.290 e. The lowest BCUT2D eigenvalue weighted by Gasteiger charge is -2.31. The van der Waals surface area contributed by atoms with Crippen LogP contribution >= 0.6 is 11.6 Å². The summed E-state index contributed by atoms with van der Waals surface area (Å²) >= 11 is 5.97. The van der Waals surface area contributed by atoms with Crippen LogP contribution in [0, 0.1) is 0 Å². The molecule has 0 saturated carbocycles. The van der Waals surface area contributed by atoms with Gasteiger partial charge in [0.25, 0.3) is 5.91 Å². The highest BCUT2D eigenvalue weighted by atomic mass is 35.5. The molecular weight excluding hydrogens is 414 g/mol. The van der Waals surface area contributed by atoms with E-state index in [-0.39, 0.29) is 11.7 Å². The van der Waals surface area contributed by atoms with E-state index in [4.69, 9.17) is 20.9 Å². The van der Waals surface area contributed by atoms with Gasteiger partial charge in [0.05, 0.1) is 12.8 Å². The third-order valence-corrected chi connectivity index (χ3v) is 5.96. The average molecular weight is 440 g/mol. The summed E-state index contributed by atoms with van der Waals surface area (Å²) < 4.78 is 10.7. The van der Waals surface area contributed by atoms with E-state index in [9.17, 15) is 4.79 Å². The summed E-state index contributed by atoms with van der Waals surface area (Å²) in [6.45, 7) is 3.24. The third-order valence-electron chi connectivity index (χ3n) is 5.71. The van der Waals surface area contributed by atoms with Crippen molar-refractivity contribution in [2.45, 2.75) is 31.8 Å². The van der Waals surface area contributed by atoms with E-state index in [1.54, 1.807) is 13.2 Å². The summed E-state index contributed by atoms with van der Waals surface area (Å²) in [5.74, 6) is 1.02. The first-order valence-corrected chi connectivity index (χ1v) is 10.8. The molecule has 1 N–H and O–H groups in total. The molecule has 1 fully saturated rings. The van der Waals surface area contributed by atoms with Gasteiger partial charge in [-0.3, -0.25) is 9.69 Å². The molecule has 1 aliphatic rings. The van der Waals surface area contributed by atoms with Gasteiger partial charge in [0.2, 0.25) is 5.76 Å². The van der Waals surface area contributed by atoms with Crippen LogP contribution in [0.15, 0.2) is 59.1 Å². The van der Waals surface area contributed by atoms with Crippen molar-refractivity contribution in [3.8, 4) is 5.75 Å². The molecule has 1 aromatic heterocycles. The number of nitrogens with one attached hydrogen (secondary N) is 1. The van der Waals surface area contributed by atoms with Crippen molar-refractivity contribution in [3.63, 3.8) is 0 Å². The predicted molar refractivity (Wildman–Crippen MR) is 119 cm³/mol. The minimum absolute atomic E-state index is 0.244. The Kier molecular flexibility index (Phi) is 6.89. The number of likely N-dealkylation sites (tertiary alicyclic amines) is 1. The van der Waals surface area contributed by atoms with Crippen molar-refractivity contribution in [2.75, 3.05) is 20.2 Å². The second kappa shape index (κ2) is 9.98. The molecule has 1 aliphatic heterocycles. The van der Waals surface area contributed by atoms with Crippen LogP contribution in [0.1, 0.15) is 46.1 Å². The number of amides is 1. The largest absolute Gasteiger partial charge is 0.496 e. The van der Waals surface area contributed by atoms with Crippen LogP contribution in [0.2, 0.25) is 5.02 Å². The first-order valence-electron chi connectivity index (χ1n) is 10.5. The number of aromatic nitrogens is 1. The maximum Gasteiger partial charge on any atom is 0.290 e. The van der Waals surface area contributed by atoms with Crippen LogP contribution in [0.5, 0.6) is 5.75 Å². The van der Waals surface area contributed by atoms with Gasteiger partial charge in [0.15, 0.2) is 0 Å². The van der Waals surface area contributed by atoms with E-state index in [1.165, 1.54) is 5.56 Å². The Morgan fingerprint density at radius 1 is 1.19 bits per heavy atom. The molecule has 0 spiro atoms. The van der Waals surface area contributed by atoms with Gasteiger partial charge in [-0.1, -0.05) is 47.1 Å². The van der Waals surface area contributed by atoms with E-state index in [1.807, 2.05) is 36.4 Å². The molecule has 1 amide bonds. The standard InChI is InChI=1S/C24H26ClN3O3/c1-30-22-5-3-2-4-19(22)15-26-24(29)23-14-21(27-31-23)18-10-12-28(13-11-18)16-17-6-8-20(25)9-7-17/h2-9,14,18H,10-13,15-16H2,1H3,(H,26,29). The average Bonchev–Trinajstić information content (AvgIpc) is 3.30. The minimum Gasteiger partial charge on any atom is -0.496 e. The number of para-hydroxylation sites is 1. The summed E-state index contributed by atoms with van der Waals surface area (Å²) in [6, 6.07) is 17.4. The monoisotopic (exact) mass is 439 g/mol. The van der Waals surface area contributed by atoms with E-state index in [0.29, 0.717) is 12.5 Å². The Bertz CT molecular complexity index is 1010. The molecule has 0 unspecified atom stereocenters. The predicted octanol–water partition coefficient (Wildman–Crippen LogP) is 4.65. The highest BCUT2D eigenvalue weighted by Crippen LogP contribution is 2.28. The number of ether oxygens (including phenoxy) is 1. The number of methoxy groups -OCH3 is 1. The SMILES string of the molecule is COc1ccccc1CNC(=O)c1cc(C2CCN(Cc3ccc(Cl)cc3)CC2)no1. The van der Waals surface area contributed by atoms with Gasteiger partial charge < -0.3 is 14.6 Å². The number of rotatable bonds is 7. The van der Waals surface area contributed by atoms with Gasteiger partial charge in [-0.05, 0) is 49.7 Å². The van der Waals surface area contributed by atoms with E-state index < -0.39 is 0 Å². The maximum atomic E-state index is 12.5. The molecule has 3 aromatic rings. The Balaban J connectivity index is 1.28. The van der Waals surface area contributed by atoms with Crippen molar-refractivity contribution >= 4 is 17.5 Å². The lowest BCUT2D eigenvalue weighted by Crippen LogP contribution is -2.32. The molecule has 6 nitrogen and oxygen atoms in total. The van der Waals surface area contributed by atoms with Crippen LogP contribution in [-0.2, 0) is 13.1 Å². The fourth-order valence-corrected chi connectivity index (χ4v) is 4.06.